The van der Waals surface area contributed by atoms with Crippen molar-refractivity contribution in [3.05, 3.63) is 47.6 Å². The molecule has 0 saturated heterocycles. The number of nitrogens with two attached hydrogens (primary N) is 1. The van der Waals surface area contributed by atoms with Gasteiger partial charge >= 0.3 is 0 Å². The van der Waals surface area contributed by atoms with Crippen molar-refractivity contribution in [3.63, 3.8) is 0 Å². The van der Waals surface area contributed by atoms with Gasteiger partial charge in [-0.2, -0.15) is 4.98 Å². The fraction of sp³-hybridized carbons (Fsp3) is 0.429. The zero-order chi connectivity index (χ0) is 13.7. The molecule has 0 saturated carbocycles. The van der Waals surface area contributed by atoms with Crippen LogP contribution < -0.4 is 5.73 Å². The van der Waals surface area contributed by atoms with Gasteiger partial charge in [-0.25, -0.2) is 0 Å². The molecule has 0 amide bonds. The normalized spacial score (nSPS) is 14.3. The summed E-state index contributed by atoms with van der Waals surface area (Å²) in [7, 11) is 1.63. The monoisotopic (exact) mass is 261 g/mol. The number of hydrogen-bond acceptors (Lipinski definition) is 5. The smallest absolute Gasteiger partial charge is 0.226 e. The SMILES string of the molecule is COC(c1ccccc1)c1noc(CCC(C)N)n1. The average Bonchev–Trinajstić information content (AvgIpc) is 2.87. The molecule has 0 spiro atoms. The highest BCUT2D eigenvalue weighted by atomic mass is 16.5. The molecule has 102 valence electrons. The molecule has 19 heavy (non-hydrogen) atoms. The van der Waals surface area contributed by atoms with Crippen LogP contribution >= 0.6 is 0 Å². The van der Waals surface area contributed by atoms with Crippen molar-refractivity contribution < 1.29 is 9.26 Å². The summed E-state index contributed by atoms with van der Waals surface area (Å²) < 4.78 is 10.7. The van der Waals surface area contributed by atoms with Crippen LogP contribution in [0.1, 0.15) is 36.7 Å². The van der Waals surface area contributed by atoms with Gasteiger partial charge in [-0.1, -0.05) is 35.5 Å². The van der Waals surface area contributed by atoms with E-state index >= 15 is 0 Å². The molecule has 1 heterocycles. The Balaban J connectivity index is 2.12. The lowest BCUT2D eigenvalue weighted by molar-refractivity contribution is 0.126. The van der Waals surface area contributed by atoms with Crippen LogP contribution in [0.25, 0.3) is 0 Å². The molecule has 1 aromatic carbocycles. The van der Waals surface area contributed by atoms with Crippen molar-refractivity contribution in [1.29, 1.82) is 0 Å². The minimum atomic E-state index is -0.297. The minimum Gasteiger partial charge on any atom is -0.369 e. The molecule has 1 aromatic heterocycles. The Morgan fingerprint density at radius 2 is 2.05 bits per heavy atom. The molecule has 0 aliphatic carbocycles. The van der Waals surface area contributed by atoms with Crippen LogP contribution in [0.5, 0.6) is 0 Å². The van der Waals surface area contributed by atoms with Gasteiger partial charge in [-0.05, 0) is 18.9 Å². The third-order valence-electron chi connectivity index (χ3n) is 2.87. The fourth-order valence-corrected chi connectivity index (χ4v) is 1.85. The van der Waals surface area contributed by atoms with E-state index < -0.39 is 0 Å². The van der Waals surface area contributed by atoms with Crippen molar-refractivity contribution in [2.45, 2.75) is 31.9 Å². The number of aryl methyl sites for hydroxylation is 1. The molecule has 2 rings (SSSR count). The van der Waals surface area contributed by atoms with Gasteiger partial charge in [-0.3, -0.25) is 0 Å². The first-order valence-corrected chi connectivity index (χ1v) is 6.36. The second-order valence-corrected chi connectivity index (χ2v) is 4.59. The van der Waals surface area contributed by atoms with Crippen LogP contribution in [-0.2, 0) is 11.2 Å². The molecular formula is C14H19N3O2. The van der Waals surface area contributed by atoms with Gasteiger partial charge in [-0.15, -0.1) is 0 Å². The van der Waals surface area contributed by atoms with Crippen molar-refractivity contribution in [1.82, 2.24) is 10.1 Å². The van der Waals surface area contributed by atoms with E-state index in [1.54, 1.807) is 7.11 Å². The lowest BCUT2D eigenvalue weighted by atomic mass is 10.1. The van der Waals surface area contributed by atoms with Crippen molar-refractivity contribution in [3.8, 4) is 0 Å². The van der Waals surface area contributed by atoms with Gasteiger partial charge in [0.1, 0.15) is 6.10 Å². The second kappa shape index (κ2) is 6.45. The van der Waals surface area contributed by atoms with E-state index in [1.807, 2.05) is 37.3 Å². The lowest BCUT2D eigenvalue weighted by Crippen LogP contribution is -2.15. The number of rotatable bonds is 6. The Morgan fingerprint density at radius 3 is 2.68 bits per heavy atom. The van der Waals surface area contributed by atoms with Crippen molar-refractivity contribution >= 4 is 0 Å². The molecule has 0 aliphatic heterocycles. The van der Waals surface area contributed by atoms with Crippen LogP contribution in [0.2, 0.25) is 0 Å². The summed E-state index contributed by atoms with van der Waals surface area (Å²) >= 11 is 0. The molecule has 2 atom stereocenters. The molecule has 5 nitrogen and oxygen atoms in total. The second-order valence-electron chi connectivity index (χ2n) is 4.59. The summed E-state index contributed by atoms with van der Waals surface area (Å²) in [4.78, 5) is 4.37. The molecule has 0 fully saturated rings. The minimum absolute atomic E-state index is 0.127. The van der Waals surface area contributed by atoms with Crippen LogP contribution in [-0.4, -0.2) is 23.3 Å². The van der Waals surface area contributed by atoms with Crippen LogP contribution in [0.4, 0.5) is 0 Å². The van der Waals surface area contributed by atoms with Crippen LogP contribution in [0.3, 0.4) is 0 Å². The van der Waals surface area contributed by atoms with Crippen LogP contribution in [0, 0.1) is 0 Å². The van der Waals surface area contributed by atoms with E-state index in [-0.39, 0.29) is 12.1 Å². The Morgan fingerprint density at radius 1 is 1.32 bits per heavy atom. The maximum Gasteiger partial charge on any atom is 0.226 e. The van der Waals surface area contributed by atoms with Crippen molar-refractivity contribution in [2.24, 2.45) is 5.73 Å². The summed E-state index contributed by atoms with van der Waals surface area (Å²) in [6.07, 6.45) is 1.22. The third kappa shape index (κ3) is 3.62. The van der Waals surface area contributed by atoms with E-state index in [0.717, 1.165) is 12.0 Å². The first-order chi connectivity index (χ1) is 9.20. The highest BCUT2D eigenvalue weighted by molar-refractivity contribution is 5.22. The molecule has 5 heteroatoms. The predicted octanol–water partition coefficient (Wildman–Crippen LogP) is 2.09. The Labute approximate surface area is 112 Å². The summed E-state index contributed by atoms with van der Waals surface area (Å²) in [5, 5.41) is 3.99. The van der Waals surface area contributed by atoms with E-state index in [2.05, 4.69) is 10.1 Å². The quantitative estimate of drug-likeness (QED) is 0.861. The molecule has 2 N–H and O–H groups in total. The summed E-state index contributed by atoms with van der Waals surface area (Å²) in [6.45, 7) is 1.96. The third-order valence-corrected chi connectivity index (χ3v) is 2.87. The van der Waals surface area contributed by atoms with Gasteiger partial charge in [0.05, 0.1) is 0 Å². The summed E-state index contributed by atoms with van der Waals surface area (Å²) in [5.74, 6) is 1.15. The Hall–Kier alpha value is -1.72. The first-order valence-electron chi connectivity index (χ1n) is 6.36. The zero-order valence-corrected chi connectivity index (χ0v) is 11.2. The number of hydrogen-bond donors (Lipinski definition) is 1. The highest BCUT2D eigenvalue weighted by Crippen LogP contribution is 2.22. The highest BCUT2D eigenvalue weighted by Gasteiger charge is 2.19. The van der Waals surface area contributed by atoms with Crippen molar-refractivity contribution in [2.75, 3.05) is 7.11 Å². The van der Waals surface area contributed by atoms with E-state index in [0.29, 0.717) is 18.1 Å². The molecule has 2 aromatic rings. The first kappa shape index (κ1) is 13.7. The molecule has 0 radical (unpaired) electrons. The predicted molar refractivity (Wildman–Crippen MR) is 71.6 cm³/mol. The van der Waals surface area contributed by atoms with Crippen LogP contribution in [0.15, 0.2) is 34.9 Å². The number of nitrogens with zero attached hydrogens (tertiary/aromatic N) is 2. The summed E-state index contributed by atoms with van der Waals surface area (Å²) in [6, 6.07) is 9.96. The van der Waals surface area contributed by atoms with E-state index in [9.17, 15) is 0 Å². The largest absolute Gasteiger partial charge is 0.369 e. The standard InChI is InChI=1S/C14H19N3O2/c1-10(15)8-9-12-16-14(17-19-12)13(18-2)11-6-4-3-5-7-11/h3-7,10,13H,8-9,15H2,1-2H3. The Bertz CT molecular complexity index is 496. The summed E-state index contributed by atoms with van der Waals surface area (Å²) in [5.41, 5.74) is 6.71. The number of aromatic nitrogens is 2. The maximum absolute atomic E-state index is 5.71. The molecule has 0 aliphatic rings. The molecule has 2 unspecified atom stereocenters. The topological polar surface area (TPSA) is 74.2 Å². The number of ether oxygens (including phenoxy) is 1. The lowest BCUT2D eigenvalue weighted by Gasteiger charge is -2.10. The number of benzene rings is 1. The van der Waals surface area contributed by atoms with Gasteiger partial charge in [0.2, 0.25) is 11.7 Å². The van der Waals surface area contributed by atoms with Gasteiger partial charge in [0.15, 0.2) is 0 Å². The van der Waals surface area contributed by atoms with Gasteiger partial charge in [0, 0.05) is 19.6 Å². The van der Waals surface area contributed by atoms with Gasteiger partial charge in [0.25, 0.3) is 0 Å². The zero-order valence-electron chi connectivity index (χ0n) is 11.2. The van der Waals surface area contributed by atoms with E-state index in [1.165, 1.54) is 0 Å². The average molecular weight is 261 g/mol. The number of methoxy groups -OCH3 is 1. The molecule has 0 bridgehead atoms. The van der Waals surface area contributed by atoms with E-state index in [4.69, 9.17) is 15.0 Å². The van der Waals surface area contributed by atoms with Gasteiger partial charge < -0.3 is 15.0 Å². The maximum atomic E-state index is 5.71. The molecular weight excluding hydrogens is 242 g/mol. The Kier molecular flexibility index (Phi) is 4.65. The fourth-order valence-electron chi connectivity index (χ4n) is 1.85.